The second kappa shape index (κ2) is 5.23. The normalized spacial score (nSPS) is 19.3. The van der Waals surface area contributed by atoms with Crippen molar-refractivity contribution in [2.24, 2.45) is 0 Å². The molecule has 3 heteroatoms. The fourth-order valence-corrected chi connectivity index (χ4v) is 2.07. The number of rotatable bonds is 3. The van der Waals surface area contributed by atoms with E-state index in [1.165, 1.54) is 5.56 Å². The summed E-state index contributed by atoms with van der Waals surface area (Å²) in [6.07, 6.45) is 0.898. The summed E-state index contributed by atoms with van der Waals surface area (Å²) in [4.78, 5) is 13.1. The molecule has 0 saturated carbocycles. The second-order valence-corrected chi connectivity index (χ2v) is 4.11. The Bertz CT molecular complexity index is 359. The average molecular weight is 219 g/mol. The largest absolute Gasteiger partial charge is 0.379 e. The molecule has 86 valence electrons. The summed E-state index contributed by atoms with van der Waals surface area (Å²) >= 11 is 0. The van der Waals surface area contributed by atoms with Gasteiger partial charge in [0.2, 0.25) is 0 Å². The summed E-state index contributed by atoms with van der Waals surface area (Å²) in [5.74, 6) is 0. The Labute approximate surface area is 96.0 Å². The molecule has 1 unspecified atom stereocenters. The van der Waals surface area contributed by atoms with Gasteiger partial charge in [0.25, 0.3) is 0 Å². The van der Waals surface area contributed by atoms with Gasteiger partial charge in [0.15, 0.2) is 0 Å². The number of benzene rings is 1. The Hall–Kier alpha value is -1.19. The fourth-order valence-electron chi connectivity index (χ4n) is 2.07. The third-order valence-electron chi connectivity index (χ3n) is 3.12. The summed E-state index contributed by atoms with van der Waals surface area (Å²) in [7, 11) is 0. The lowest BCUT2D eigenvalue weighted by molar-refractivity contribution is 0.0198. The van der Waals surface area contributed by atoms with Gasteiger partial charge in [-0.15, -0.1) is 0 Å². The molecule has 0 aromatic heterocycles. The molecule has 0 bridgehead atoms. The van der Waals surface area contributed by atoms with Crippen LogP contribution in [0.15, 0.2) is 24.3 Å². The van der Waals surface area contributed by atoms with Crippen LogP contribution in [0.1, 0.15) is 28.9 Å². The Morgan fingerprint density at radius 1 is 1.38 bits per heavy atom. The van der Waals surface area contributed by atoms with Crippen molar-refractivity contribution in [3.05, 3.63) is 35.4 Å². The van der Waals surface area contributed by atoms with Gasteiger partial charge in [0.05, 0.1) is 13.2 Å². The molecule has 1 aromatic carbocycles. The van der Waals surface area contributed by atoms with Crippen LogP contribution in [0.5, 0.6) is 0 Å². The molecule has 1 heterocycles. The van der Waals surface area contributed by atoms with E-state index in [-0.39, 0.29) is 0 Å². The van der Waals surface area contributed by atoms with E-state index >= 15 is 0 Å². The zero-order valence-corrected chi connectivity index (χ0v) is 9.56. The average Bonchev–Trinajstić information content (AvgIpc) is 2.39. The van der Waals surface area contributed by atoms with E-state index in [1.807, 2.05) is 18.2 Å². The SMILES string of the molecule is CC(c1cccc(C=O)c1)N1CCOCC1. The third-order valence-corrected chi connectivity index (χ3v) is 3.12. The molecule has 1 aromatic rings. The molecule has 2 rings (SSSR count). The lowest BCUT2D eigenvalue weighted by Crippen LogP contribution is -2.38. The topological polar surface area (TPSA) is 29.5 Å². The van der Waals surface area contributed by atoms with Gasteiger partial charge in [0, 0.05) is 24.7 Å². The minimum Gasteiger partial charge on any atom is -0.379 e. The Balaban J connectivity index is 2.12. The van der Waals surface area contributed by atoms with E-state index in [9.17, 15) is 4.79 Å². The van der Waals surface area contributed by atoms with Gasteiger partial charge in [-0.1, -0.05) is 18.2 Å². The first-order valence-corrected chi connectivity index (χ1v) is 5.68. The highest BCUT2D eigenvalue weighted by Gasteiger charge is 2.18. The summed E-state index contributed by atoms with van der Waals surface area (Å²) in [6.45, 7) is 5.71. The van der Waals surface area contributed by atoms with Gasteiger partial charge in [-0.05, 0) is 18.6 Å². The van der Waals surface area contributed by atoms with Gasteiger partial charge in [-0.25, -0.2) is 0 Å². The second-order valence-electron chi connectivity index (χ2n) is 4.11. The zero-order chi connectivity index (χ0) is 11.4. The van der Waals surface area contributed by atoms with E-state index in [0.29, 0.717) is 6.04 Å². The molecule has 0 amide bonds. The molecule has 3 nitrogen and oxygen atoms in total. The molecule has 16 heavy (non-hydrogen) atoms. The highest BCUT2D eigenvalue weighted by Crippen LogP contribution is 2.21. The van der Waals surface area contributed by atoms with Crippen molar-refractivity contribution in [2.45, 2.75) is 13.0 Å². The van der Waals surface area contributed by atoms with E-state index < -0.39 is 0 Å². The van der Waals surface area contributed by atoms with E-state index in [1.54, 1.807) is 0 Å². The Kier molecular flexibility index (Phi) is 3.70. The summed E-state index contributed by atoms with van der Waals surface area (Å²) in [5.41, 5.74) is 1.95. The molecule has 1 atom stereocenters. The quantitative estimate of drug-likeness (QED) is 0.727. The van der Waals surface area contributed by atoms with Crippen LogP contribution in [-0.2, 0) is 4.74 Å². The van der Waals surface area contributed by atoms with Gasteiger partial charge in [0.1, 0.15) is 6.29 Å². The molecule has 0 radical (unpaired) electrons. The van der Waals surface area contributed by atoms with E-state index in [4.69, 9.17) is 4.74 Å². The number of nitrogens with zero attached hydrogens (tertiary/aromatic N) is 1. The molecule has 0 spiro atoms. The highest BCUT2D eigenvalue weighted by atomic mass is 16.5. The van der Waals surface area contributed by atoms with Gasteiger partial charge in [-0.3, -0.25) is 9.69 Å². The molecule has 0 aliphatic carbocycles. The van der Waals surface area contributed by atoms with Crippen molar-refractivity contribution in [2.75, 3.05) is 26.3 Å². The predicted molar refractivity (Wildman–Crippen MR) is 62.6 cm³/mol. The minimum atomic E-state index is 0.351. The van der Waals surface area contributed by atoms with Crippen LogP contribution in [-0.4, -0.2) is 37.5 Å². The van der Waals surface area contributed by atoms with Crippen LogP contribution in [0.2, 0.25) is 0 Å². The minimum absolute atomic E-state index is 0.351. The fraction of sp³-hybridized carbons (Fsp3) is 0.462. The molecule has 1 aliphatic heterocycles. The number of hydrogen-bond acceptors (Lipinski definition) is 3. The zero-order valence-electron chi connectivity index (χ0n) is 9.56. The number of hydrogen-bond donors (Lipinski definition) is 0. The maximum Gasteiger partial charge on any atom is 0.150 e. The molecule has 1 saturated heterocycles. The lowest BCUT2D eigenvalue weighted by atomic mass is 10.0. The third kappa shape index (κ3) is 2.49. The number of carbonyl (C=O) groups is 1. The van der Waals surface area contributed by atoms with Crippen LogP contribution >= 0.6 is 0 Å². The highest BCUT2D eigenvalue weighted by molar-refractivity contribution is 5.74. The van der Waals surface area contributed by atoms with Crippen LogP contribution in [0.3, 0.4) is 0 Å². The first-order valence-electron chi connectivity index (χ1n) is 5.68. The van der Waals surface area contributed by atoms with Crippen LogP contribution in [0, 0.1) is 0 Å². The van der Waals surface area contributed by atoms with Crippen molar-refractivity contribution < 1.29 is 9.53 Å². The number of carbonyl (C=O) groups excluding carboxylic acids is 1. The van der Waals surface area contributed by atoms with Crippen LogP contribution in [0.25, 0.3) is 0 Å². The molecule has 1 aliphatic rings. The van der Waals surface area contributed by atoms with Crippen molar-refractivity contribution in [3.8, 4) is 0 Å². The standard InChI is InChI=1S/C13H17NO2/c1-11(14-5-7-16-8-6-14)13-4-2-3-12(9-13)10-15/h2-4,9-11H,5-8H2,1H3. The van der Waals surface area contributed by atoms with Gasteiger partial charge in [-0.2, -0.15) is 0 Å². The summed E-state index contributed by atoms with van der Waals surface area (Å²) in [5, 5.41) is 0. The molecule has 0 N–H and O–H groups in total. The predicted octanol–water partition coefficient (Wildman–Crippen LogP) is 1.89. The molecular weight excluding hydrogens is 202 g/mol. The monoisotopic (exact) mass is 219 g/mol. The first kappa shape index (κ1) is 11.3. The molecule has 1 fully saturated rings. The first-order chi connectivity index (χ1) is 7.81. The van der Waals surface area contributed by atoms with Crippen LogP contribution in [0.4, 0.5) is 0 Å². The maximum absolute atomic E-state index is 10.7. The van der Waals surface area contributed by atoms with Gasteiger partial charge >= 0.3 is 0 Å². The van der Waals surface area contributed by atoms with E-state index in [0.717, 1.165) is 38.2 Å². The van der Waals surface area contributed by atoms with Gasteiger partial charge < -0.3 is 4.74 Å². The van der Waals surface area contributed by atoms with Crippen molar-refractivity contribution in [1.29, 1.82) is 0 Å². The Morgan fingerprint density at radius 2 is 2.12 bits per heavy atom. The Morgan fingerprint density at radius 3 is 2.81 bits per heavy atom. The van der Waals surface area contributed by atoms with Crippen molar-refractivity contribution >= 4 is 6.29 Å². The smallest absolute Gasteiger partial charge is 0.150 e. The van der Waals surface area contributed by atoms with Crippen molar-refractivity contribution in [1.82, 2.24) is 4.90 Å². The van der Waals surface area contributed by atoms with Crippen molar-refractivity contribution in [3.63, 3.8) is 0 Å². The number of aldehydes is 1. The lowest BCUT2D eigenvalue weighted by Gasteiger charge is -2.32. The van der Waals surface area contributed by atoms with E-state index in [2.05, 4.69) is 17.9 Å². The van der Waals surface area contributed by atoms with Crippen LogP contribution < -0.4 is 0 Å². The number of ether oxygens (including phenoxy) is 1. The summed E-state index contributed by atoms with van der Waals surface area (Å²) in [6, 6.07) is 8.17. The number of morpholine rings is 1. The summed E-state index contributed by atoms with van der Waals surface area (Å²) < 4.78 is 5.33. The maximum atomic E-state index is 10.7. The molecular formula is C13H17NO2.